The first-order valence-corrected chi connectivity index (χ1v) is 5.63. The Bertz CT molecular complexity index is 340. The Morgan fingerprint density at radius 2 is 2.00 bits per heavy atom. The van der Waals surface area contributed by atoms with Crippen molar-refractivity contribution in [1.29, 1.82) is 0 Å². The minimum absolute atomic E-state index is 0.135. The minimum atomic E-state index is -0.712. The molecule has 1 rings (SSSR count). The zero-order valence-electron chi connectivity index (χ0n) is 8.50. The van der Waals surface area contributed by atoms with Crippen LogP contribution in [0.4, 0.5) is 11.4 Å². The quantitative estimate of drug-likeness (QED) is 0.493. The number of hydrogen-bond acceptors (Lipinski definition) is 4. The van der Waals surface area contributed by atoms with Crippen LogP contribution in [0.1, 0.15) is 6.92 Å². The average molecular weight is 322 g/mol. The number of nitrogens with one attached hydrogen (secondary N) is 1. The summed E-state index contributed by atoms with van der Waals surface area (Å²) in [5.74, 6) is 0. The molecule has 1 aromatic rings. The van der Waals surface area contributed by atoms with Gasteiger partial charge in [-0.3, -0.25) is 0 Å². The minimum Gasteiger partial charge on any atom is -0.399 e. The number of anilines is 2. The third-order valence-corrected chi connectivity index (χ3v) is 3.02. The molecule has 5 heteroatoms. The van der Waals surface area contributed by atoms with E-state index in [4.69, 9.17) is 15.9 Å². The van der Waals surface area contributed by atoms with Crippen LogP contribution in [0.3, 0.4) is 0 Å². The molecule has 0 aliphatic heterocycles. The summed E-state index contributed by atoms with van der Waals surface area (Å²) in [6.07, 6.45) is 0. The summed E-state index contributed by atoms with van der Waals surface area (Å²) >= 11 is 2.15. The average Bonchev–Trinajstić information content (AvgIpc) is 2.22. The van der Waals surface area contributed by atoms with Gasteiger partial charge < -0.3 is 21.3 Å². The lowest BCUT2D eigenvalue weighted by molar-refractivity contribution is 0.147. The van der Waals surface area contributed by atoms with Crippen molar-refractivity contribution >= 4 is 34.0 Å². The lowest BCUT2D eigenvalue weighted by Crippen LogP contribution is -2.42. The predicted octanol–water partition coefficient (Wildman–Crippen LogP) is 1.03. The van der Waals surface area contributed by atoms with Gasteiger partial charge in [-0.1, -0.05) is 0 Å². The van der Waals surface area contributed by atoms with Crippen LogP contribution in [0.2, 0.25) is 0 Å². The molecule has 0 aliphatic carbocycles. The Balaban J connectivity index is 2.89. The highest BCUT2D eigenvalue weighted by Crippen LogP contribution is 2.23. The molecular formula is C10H15IN2O2. The molecular weight excluding hydrogens is 307 g/mol. The SMILES string of the molecule is CC(CO)(CO)Nc1ccc(N)cc1I. The van der Waals surface area contributed by atoms with Gasteiger partial charge >= 0.3 is 0 Å². The monoisotopic (exact) mass is 322 g/mol. The summed E-state index contributed by atoms with van der Waals surface area (Å²) in [7, 11) is 0. The lowest BCUT2D eigenvalue weighted by Gasteiger charge is -2.28. The van der Waals surface area contributed by atoms with Crippen LogP contribution in [0.5, 0.6) is 0 Å². The summed E-state index contributed by atoms with van der Waals surface area (Å²) in [6.45, 7) is 1.48. The molecule has 84 valence electrons. The van der Waals surface area contributed by atoms with Crippen molar-refractivity contribution in [3.05, 3.63) is 21.8 Å². The van der Waals surface area contributed by atoms with Crippen molar-refractivity contribution in [2.45, 2.75) is 12.5 Å². The highest BCUT2D eigenvalue weighted by molar-refractivity contribution is 14.1. The van der Waals surface area contributed by atoms with Crippen molar-refractivity contribution in [1.82, 2.24) is 0 Å². The molecule has 0 saturated carbocycles. The second-order valence-corrected chi connectivity index (χ2v) is 4.90. The van der Waals surface area contributed by atoms with Gasteiger partial charge in [-0.2, -0.15) is 0 Å². The van der Waals surface area contributed by atoms with Gasteiger partial charge in [0.2, 0.25) is 0 Å². The Morgan fingerprint density at radius 1 is 1.40 bits per heavy atom. The Morgan fingerprint density at radius 3 is 2.47 bits per heavy atom. The lowest BCUT2D eigenvalue weighted by atomic mass is 10.1. The normalized spacial score (nSPS) is 11.5. The van der Waals surface area contributed by atoms with Gasteiger partial charge in [0.15, 0.2) is 0 Å². The summed E-state index contributed by atoms with van der Waals surface area (Å²) in [6, 6.07) is 5.44. The van der Waals surface area contributed by atoms with Crippen LogP contribution in [-0.4, -0.2) is 29.0 Å². The van der Waals surface area contributed by atoms with Gasteiger partial charge in [-0.15, -0.1) is 0 Å². The van der Waals surface area contributed by atoms with Gasteiger partial charge in [0.25, 0.3) is 0 Å². The summed E-state index contributed by atoms with van der Waals surface area (Å²) in [5.41, 5.74) is 6.46. The molecule has 0 spiro atoms. The maximum Gasteiger partial charge on any atom is 0.0806 e. The Hall–Kier alpha value is -0.530. The molecule has 0 aromatic heterocycles. The van der Waals surface area contributed by atoms with Crippen molar-refractivity contribution < 1.29 is 10.2 Å². The number of rotatable bonds is 4. The molecule has 0 unspecified atom stereocenters. The fourth-order valence-electron chi connectivity index (χ4n) is 1.09. The fourth-order valence-corrected chi connectivity index (χ4v) is 1.76. The number of nitrogens with two attached hydrogens (primary N) is 1. The predicted molar refractivity (Wildman–Crippen MR) is 69.8 cm³/mol. The first kappa shape index (κ1) is 12.5. The van der Waals surface area contributed by atoms with Crippen molar-refractivity contribution in [3.63, 3.8) is 0 Å². The number of halogens is 1. The van der Waals surface area contributed by atoms with E-state index in [0.29, 0.717) is 5.69 Å². The summed E-state index contributed by atoms with van der Waals surface area (Å²) in [4.78, 5) is 0. The molecule has 0 aliphatic rings. The van der Waals surface area contributed by atoms with Gasteiger partial charge in [-0.25, -0.2) is 0 Å². The molecule has 5 N–H and O–H groups in total. The Kier molecular flexibility index (Phi) is 4.18. The van der Waals surface area contributed by atoms with Crippen LogP contribution in [0.25, 0.3) is 0 Å². The standard InChI is InChI=1S/C10H15IN2O2/c1-10(5-14,6-15)13-9-3-2-7(12)4-8(9)11/h2-4,13-15H,5-6,12H2,1H3. The van der Waals surface area contributed by atoms with Crippen molar-refractivity contribution in [3.8, 4) is 0 Å². The van der Waals surface area contributed by atoms with Crippen LogP contribution >= 0.6 is 22.6 Å². The topological polar surface area (TPSA) is 78.5 Å². The number of aliphatic hydroxyl groups excluding tert-OH is 2. The largest absolute Gasteiger partial charge is 0.399 e. The highest BCUT2D eigenvalue weighted by Gasteiger charge is 2.22. The van der Waals surface area contributed by atoms with E-state index in [1.165, 1.54) is 0 Å². The number of aliphatic hydroxyl groups is 2. The third kappa shape index (κ3) is 3.22. The van der Waals surface area contributed by atoms with Crippen LogP contribution in [0.15, 0.2) is 18.2 Å². The maximum absolute atomic E-state index is 9.14. The first-order chi connectivity index (χ1) is 7.00. The highest BCUT2D eigenvalue weighted by atomic mass is 127. The van der Waals surface area contributed by atoms with E-state index in [-0.39, 0.29) is 13.2 Å². The number of hydrogen-bond donors (Lipinski definition) is 4. The van der Waals surface area contributed by atoms with Gasteiger partial charge in [0, 0.05) is 14.9 Å². The maximum atomic E-state index is 9.14. The van der Waals surface area contributed by atoms with Crippen LogP contribution in [-0.2, 0) is 0 Å². The first-order valence-electron chi connectivity index (χ1n) is 4.56. The molecule has 0 bridgehead atoms. The molecule has 0 amide bonds. The molecule has 0 radical (unpaired) electrons. The van der Waals surface area contributed by atoms with Gasteiger partial charge in [0.05, 0.1) is 18.8 Å². The molecule has 4 nitrogen and oxygen atoms in total. The third-order valence-electron chi connectivity index (χ3n) is 2.13. The second-order valence-electron chi connectivity index (χ2n) is 3.74. The van der Waals surface area contributed by atoms with E-state index in [9.17, 15) is 0 Å². The van der Waals surface area contributed by atoms with E-state index >= 15 is 0 Å². The molecule has 1 aromatic carbocycles. The Labute approximate surface area is 103 Å². The molecule has 0 heterocycles. The molecule has 15 heavy (non-hydrogen) atoms. The smallest absolute Gasteiger partial charge is 0.0806 e. The van der Waals surface area contributed by atoms with E-state index in [1.54, 1.807) is 13.0 Å². The summed E-state index contributed by atoms with van der Waals surface area (Å²) < 4.78 is 0.959. The molecule has 0 atom stereocenters. The second kappa shape index (κ2) is 5.00. The van der Waals surface area contributed by atoms with Gasteiger partial charge in [-0.05, 0) is 47.7 Å². The van der Waals surface area contributed by atoms with Crippen LogP contribution < -0.4 is 11.1 Å². The van der Waals surface area contributed by atoms with Crippen LogP contribution in [0, 0.1) is 3.57 Å². The molecule has 0 fully saturated rings. The van der Waals surface area contributed by atoms with E-state index in [2.05, 4.69) is 27.9 Å². The number of benzene rings is 1. The number of nitrogen functional groups attached to an aromatic ring is 1. The van der Waals surface area contributed by atoms with E-state index in [0.717, 1.165) is 9.26 Å². The van der Waals surface area contributed by atoms with Gasteiger partial charge in [0.1, 0.15) is 0 Å². The fraction of sp³-hybridized carbons (Fsp3) is 0.400. The molecule has 0 saturated heterocycles. The van der Waals surface area contributed by atoms with E-state index in [1.807, 2.05) is 12.1 Å². The van der Waals surface area contributed by atoms with Crippen molar-refractivity contribution in [2.24, 2.45) is 0 Å². The van der Waals surface area contributed by atoms with E-state index < -0.39 is 5.54 Å². The zero-order valence-corrected chi connectivity index (χ0v) is 10.7. The zero-order chi connectivity index (χ0) is 11.5. The van der Waals surface area contributed by atoms with Crippen molar-refractivity contribution in [2.75, 3.05) is 24.3 Å². The summed E-state index contributed by atoms with van der Waals surface area (Å²) in [5, 5.41) is 21.4.